The Bertz CT molecular complexity index is 724. The van der Waals surface area contributed by atoms with E-state index < -0.39 is 9.84 Å². The van der Waals surface area contributed by atoms with Gasteiger partial charge in [-0.2, -0.15) is 0 Å². The molecule has 0 saturated carbocycles. The van der Waals surface area contributed by atoms with Gasteiger partial charge in [0, 0.05) is 22.7 Å². The van der Waals surface area contributed by atoms with Crippen LogP contribution < -0.4 is 5.32 Å². The summed E-state index contributed by atoms with van der Waals surface area (Å²) in [5, 5.41) is 5.00. The van der Waals surface area contributed by atoms with Crippen molar-refractivity contribution in [2.45, 2.75) is 32.4 Å². The van der Waals surface area contributed by atoms with Crippen LogP contribution in [0.1, 0.15) is 32.1 Å². The van der Waals surface area contributed by atoms with E-state index in [0.29, 0.717) is 11.4 Å². The molecule has 2 aromatic rings. The van der Waals surface area contributed by atoms with Gasteiger partial charge in [-0.05, 0) is 44.5 Å². The molecule has 0 radical (unpaired) electrons. The average Bonchev–Trinajstić information content (AvgIpc) is 2.78. The van der Waals surface area contributed by atoms with Crippen LogP contribution in [0.2, 0.25) is 5.02 Å². The summed E-state index contributed by atoms with van der Waals surface area (Å²) in [6.07, 6.45) is 1.83. The highest BCUT2D eigenvalue weighted by Gasteiger charge is 2.15. The third-order valence-electron chi connectivity index (χ3n) is 3.38. The summed E-state index contributed by atoms with van der Waals surface area (Å²) in [4.78, 5) is 0. The van der Waals surface area contributed by atoms with Crippen molar-refractivity contribution in [1.82, 2.24) is 5.32 Å². The number of fused-ring (bicyclic) bond motifs is 1. The fraction of sp³-hybridized carbons (Fsp3) is 0.467. The van der Waals surface area contributed by atoms with Crippen molar-refractivity contribution < 1.29 is 12.8 Å². The van der Waals surface area contributed by atoms with Crippen LogP contribution in [0.25, 0.3) is 11.0 Å². The van der Waals surface area contributed by atoms with Gasteiger partial charge in [0.15, 0.2) is 0 Å². The van der Waals surface area contributed by atoms with Gasteiger partial charge in [0.1, 0.15) is 21.2 Å². The number of benzene rings is 1. The van der Waals surface area contributed by atoms with Gasteiger partial charge in [-0.15, -0.1) is 0 Å². The zero-order valence-electron chi connectivity index (χ0n) is 12.4. The standard InChI is InChI=1S/C15H20ClNO3S/c1-10(6-7-21(3,18)19)17-11(2)15-9-12-8-13(16)4-5-14(12)20-15/h4-5,8-11,17H,6-7H2,1-3H3/t10-,11-/m0/s1. The van der Waals surface area contributed by atoms with E-state index in [9.17, 15) is 8.42 Å². The van der Waals surface area contributed by atoms with Gasteiger partial charge in [0.25, 0.3) is 0 Å². The van der Waals surface area contributed by atoms with E-state index in [0.717, 1.165) is 16.7 Å². The van der Waals surface area contributed by atoms with Crippen LogP contribution in [0, 0.1) is 0 Å². The second kappa shape index (κ2) is 6.38. The first-order valence-electron chi connectivity index (χ1n) is 6.87. The summed E-state index contributed by atoms with van der Waals surface area (Å²) in [6.45, 7) is 3.97. The molecule has 2 atom stereocenters. The molecule has 4 nitrogen and oxygen atoms in total. The third-order valence-corrected chi connectivity index (χ3v) is 4.59. The van der Waals surface area contributed by atoms with Crippen LogP contribution in [0.15, 0.2) is 28.7 Å². The molecule has 0 amide bonds. The number of halogens is 1. The summed E-state index contributed by atoms with van der Waals surface area (Å²) < 4.78 is 28.2. The number of rotatable bonds is 6. The van der Waals surface area contributed by atoms with Crippen molar-refractivity contribution >= 4 is 32.4 Å². The summed E-state index contributed by atoms with van der Waals surface area (Å²) in [7, 11) is -2.92. The Labute approximate surface area is 130 Å². The molecule has 0 aliphatic carbocycles. The summed E-state index contributed by atoms with van der Waals surface area (Å²) in [6, 6.07) is 7.56. The Morgan fingerprint density at radius 3 is 2.67 bits per heavy atom. The Balaban J connectivity index is 2.02. The zero-order chi connectivity index (χ0) is 15.6. The normalized spacial score (nSPS) is 15.2. The fourth-order valence-electron chi connectivity index (χ4n) is 2.23. The maximum atomic E-state index is 11.2. The first kappa shape index (κ1) is 16.3. The van der Waals surface area contributed by atoms with Crippen LogP contribution in [-0.4, -0.2) is 26.5 Å². The number of nitrogens with one attached hydrogen (secondary N) is 1. The van der Waals surface area contributed by atoms with Gasteiger partial charge in [-0.3, -0.25) is 0 Å². The van der Waals surface area contributed by atoms with E-state index in [-0.39, 0.29) is 17.8 Å². The quantitative estimate of drug-likeness (QED) is 0.880. The number of sulfone groups is 1. The molecule has 2 rings (SSSR count). The molecule has 1 heterocycles. The predicted octanol–water partition coefficient (Wildman–Crippen LogP) is 3.56. The molecule has 0 unspecified atom stereocenters. The van der Waals surface area contributed by atoms with Crippen molar-refractivity contribution in [3.63, 3.8) is 0 Å². The molecule has 0 bridgehead atoms. The van der Waals surface area contributed by atoms with Gasteiger partial charge in [0.05, 0.1) is 11.8 Å². The fourth-order valence-corrected chi connectivity index (χ4v) is 3.19. The van der Waals surface area contributed by atoms with Gasteiger partial charge < -0.3 is 9.73 Å². The molecule has 1 aromatic heterocycles. The van der Waals surface area contributed by atoms with E-state index >= 15 is 0 Å². The van der Waals surface area contributed by atoms with Crippen LogP contribution in [-0.2, 0) is 9.84 Å². The predicted molar refractivity (Wildman–Crippen MR) is 86.6 cm³/mol. The van der Waals surface area contributed by atoms with E-state index in [1.165, 1.54) is 6.26 Å². The topological polar surface area (TPSA) is 59.3 Å². The summed E-state index contributed by atoms with van der Waals surface area (Å²) >= 11 is 5.96. The first-order valence-corrected chi connectivity index (χ1v) is 9.31. The molecular formula is C15H20ClNO3S. The smallest absolute Gasteiger partial charge is 0.147 e. The van der Waals surface area contributed by atoms with Crippen molar-refractivity contribution in [3.8, 4) is 0 Å². The Morgan fingerprint density at radius 1 is 1.29 bits per heavy atom. The minimum absolute atomic E-state index is 0.00531. The van der Waals surface area contributed by atoms with Crippen molar-refractivity contribution in [3.05, 3.63) is 35.0 Å². The summed E-state index contributed by atoms with van der Waals surface area (Å²) in [5.74, 6) is 1.00. The third kappa shape index (κ3) is 4.73. The van der Waals surface area contributed by atoms with E-state index in [1.54, 1.807) is 6.07 Å². The average molecular weight is 330 g/mol. The molecule has 0 aliphatic rings. The van der Waals surface area contributed by atoms with Crippen molar-refractivity contribution in [2.24, 2.45) is 0 Å². The number of hydrogen-bond acceptors (Lipinski definition) is 4. The highest BCUT2D eigenvalue weighted by molar-refractivity contribution is 7.90. The Morgan fingerprint density at radius 2 is 2.00 bits per heavy atom. The lowest BCUT2D eigenvalue weighted by molar-refractivity contribution is 0.406. The lowest BCUT2D eigenvalue weighted by Gasteiger charge is -2.18. The molecule has 0 saturated heterocycles. The first-order chi connectivity index (χ1) is 9.74. The molecule has 1 aromatic carbocycles. The second-order valence-electron chi connectivity index (χ2n) is 5.54. The number of hydrogen-bond donors (Lipinski definition) is 1. The number of furan rings is 1. The maximum absolute atomic E-state index is 11.2. The van der Waals surface area contributed by atoms with Gasteiger partial charge >= 0.3 is 0 Å². The zero-order valence-corrected chi connectivity index (χ0v) is 14.0. The van der Waals surface area contributed by atoms with E-state index in [4.69, 9.17) is 16.0 Å². The molecule has 1 N–H and O–H groups in total. The largest absolute Gasteiger partial charge is 0.459 e. The summed E-state index contributed by atoms with van der Waals surface area (Å²) in [5.41, 5.74) is 0.798. The van der Waals surface area contributed by atoms with Crippen LogP contribution in [0.4, 0.5) is 0 Å². The second-order valence-corrected chi connectivity index (χ2v) is 8.24. The van der Waals surface area contributed by atoms with Crippen LogP contribution in [0.5, 0.6) is 0 Å². The van der Waals surface area contributed by atoms with E-state index in [1.807, 2.05) is 32.0 Å². The SMILES string of the molecule is C[C@H](N[C@@H](C)CCS(C)(=O)=O)c1cc2cc(Cl)ccc2o1. The molecule has 6 heteroatoms. The van der Waals surface area contributed by atoms with Gasteiger partial charge in [-0.25, -0.2) is 8.42 Å². The maximum Gasteiger partial charge on any atom is 0.147 e. The molecule has 21 heavy (non-hydrogen) atoms. The van der Waals surface area contributed by atoms with Crippen LogP contribution >= 0.6 is 11.6 Å². The lowest BCUT2D eigenvalue weighted by atomic mass is 10.2. The molecule has 0 fully saturated rings. The monoisotopic (exact) mass is 329 g/mol. The highest BCUT2D eigenvalue weighted by atomic mass is 35.5. The van der Waals surface area contributed by atoms with Crippen LogP contribution in [0.3, 0.4) is 0 Å². The molecule has 0 spiro atoms. The van der Waals surface area contributed by atoms with Crippen molar-refractivity contribution in [1.29, 1.82) is 0 Å². The van der Waals surface area contributed by atoms with Gasteiger partial charge in [0.2, 0.25) is 0 Å². The Kier molecular flexibility index (Phi) is 4.96. The minimum Gasteiger partial charge on any atom is -0.459 e. The molecule has 0 aliphatic heterocycles. The highest BCUT2D eigenvalue weighted by Crippen LogP contribution is 2.26. The van der Waals surface area contributed by atoms with Gasteiger partial charge in [-0.1, -0.05) is 11.6 Å². The molecular weight excluding hydrogens is 310 g/mol. The Hall–Kier alpha value is -1.04. The minimum atomic E-state index is -2.92. The lowest BCUT2D eigenvalue weighted by Crippen LogP contribution is -2.30. The molecule has 116 valence electrons. The van der Waals surface area contributed by atoms with E-state index in [2.05, 4.69) is 5.32 Å². The van der Waals surface area contributed by atoms with Crippen molar-refractivity contribution in [2.75, 3.05) is 12.0 Å².